The molecule has 0 unspecified atom stereocenters. The molecule has 0 amide bonds. The van der Waals surface area contributed by atoms with Crippen LogP contribution in [0.3, 0.4) is 0 Å². The quantitative estimate of drug-likeness (QED) is 0.330. The molecule has 3 rings (SSSR count). The molecule has 174 valence electrons. The average Bonchev–Trinajstić information content (AvgIpc) is 2.86. The van der Waals surface area contributed by atoms with E-state index in [0.717, 1.165) is 16.7 Å². The van der Waals surface area contributed by atoms with Crippen LogP contribution in [0.25, 0.3) is 22.3 Å². The van der Waals surface area contributed by atoms with Crippen LogP contribution in [0, 0.1) is 0 Å². The van der Waals surface area contributed by atoms with Crippen LogP contribution in [-0.2, 0) is 0 Å². The van der Waals surface area contributed by atoms with Crippen molar-refractivity contribution in [1.82, 2.24) is 0 Å². The van der Waals surface area contributed by atoms with E-state index in [1.165, 1.54) is 27.8 Å². The van der Waals surface area contributed by atoms with Crippen LogP contribution >= 0.6 is 0 Å². The molecule has 0 radical (unpaired) electrons. The summed E-state index contributed by atoms with van der Waals surface area (Å²) in [5.41, 5.74) is 9.30. The zero-order valence-corrected chi connectivity index (χ0v) is 21.2. The number of hydrogen-bond donors (Lipinski definition) is 0. The van der Waals surface area contributed by atoms with Crippen LogP contribution in [0.2, 0.25) is 0 Å². The molecule has 0 aromatic heterocycles. The summed E-state index contributed by atoms with van der Waals surface area (Å²) in [4.78, 5) is 0. The smallest absolute Gasteiger partial charge is 0.0178 e. The van der Waals surface area contributed by atoms with E-state index >= 15 is 0 Å². The molecule has 0 spiro atoms. The first-order chi connectivity index (χ1) is 16.3. The Labute approximate surface area is 207 Å². The van der Waals surface area contributed by atoms with Crippen LogP contribution in [-0.4, -0.2) is 0 Å². The second-order valence-electron chi connectivity index (χ2n) is 8.01. The van der Waals surface area contributed by atoms with Crippen molar-refractivity contribution in [2.24, 2.45) is 0 Å². The van der Waals surface area contributed by atoms with E-state index < -0.39 is 0 Å². The van der Waals surface area contributed by atoms with Gasteiger partial charge in [0.25, 0.3) is 0 Å². The fraction of sp³-hybridized carbons (Fsp3) is 0.118. The maximum Gasteiger partial charge on any atom is -0.0178 e. The second-order valence-corrected chi connectivity index (χ2v) is 8.01. The number of hydrogen-bond acceptors (Lipinski definition) is 0. The van der Waals surface area contributed by atoms with Crippen molar-refractivity contribution >= 4 is 22.3 Å². The molecule has 0 aliphatic carbocycles. The van der Waals surface area contributed by atoms with Gasteiger partial charge >= 0.3 is 0 Å². The highest BCUT2D eigenvalue weighted by Gasteiger charge is 1.99. The van der Waals surface area contributed by atoms with Crippen LogP contribution in [0.4, 0.5) is 0 Å². The van der Waals surface area contributed by atoms with Crippen molar-refractivity contribution in [2.75, 3.05) is 0 Å². The lowest BCUT2D eigenvalue weighted by Crippen LogP contribution is -1.84. The van der Waals surface area contributed by atoms with Gasteiger partial charge in [-0.25, -0.2) is 0 Å². The molecule has 0 saturated carbocycles. The van der Waals surface area contributed by atoms with Gasteiger partial charge < -0.3 is 0 Å². The van der Waals surface area contributed by atoms with Gasteiger partial charge in [0.1, 0.15) is 0 Å². The summed E-state index contributed by atoms with van der Waals surface area (Å²) < 4.78 is 0. The Morgan fingerprint density at radius 3 is 1.35 bits per heavy atom. The lowest BCUT2D eigenvalue weighted by molar-refractivity contribution is 1.53. The molecule has 0 N–H and O–H groups in total. The molecule has 0 saturated heterocycles. The molecule has 0 atom stereocenters. The Bertz CT molecular complexity index is 1070. The number of allylic oxidation sites excluding steroid dienone is 8. The van der Waals surface area contributed by atoms with Crippen molar-refractivity contribution < 1.29 is 0 Å². The first-order valence-electron chi connectivity index (χ1n) is 11.4. The Hall–Kier alpha value is -3.90. The predicted molar refractivity (Wildman–Crippen MR) is 156 cm³/mol. The molecular weight excluding hydrogens is 408 g/mol. The highest BCUT2D eigenvalue weighted by atomic mass is 14.0. The van der Waals surface area contributed by atoms with Gasteiger partial charge in [-0.05, 0) is 61.6 Å². The minimum absolute atomic E-state index is 1.08. The summed E-state index contributed by atoms with van der Waals surface area (Å²) in [5, 5.41) is 0. The predicted octanol–water partition coefficient (Wildman–Crippen LogP) is 10.3. The first kappa shape index (κ1) is 28.1. The fourth-order valence-corrected chi connectivity index (χ4v) is 2.96. The second kappa shape index (κ2) is 15.8. The van der Waals surface area contributed by atoms with Gasteiger partial charge in [-0.1, -0.05) is 146 Å². The van der Waals surface area contributed by atoms with E-state index in [-0.39, 0.29) is 0 Å². The van der Waals surface area contributed by atoms with Gasteiger partial charge in [-0.2, -0.15) is 0 Å². The molecular formula is C34H38. The number of benzene rings is 3. The van der Waals surface area contributed by atoms with E-state index in [4.69, 9.17) is 0 Å². The maximum absolute atomic E-state index is 3.96. The minimum Gasteiger partial charge on any atom is -0.0990 e. The lowest BCUT2D eigenvalue weighted by atomic mass is 10.00. The van der Waals surface area contributed by atoms with E-state index in [9.17, 15) is 0 Å². The molecule has 0 fully saturated rings. The van der Waals surface area contributed by atoms with Crippen LogP contribution in [0.5, 0.6) is 0 Å². The third kappa shape index (κ3) is 10.6. The molecule has 0 aliphatic heterocycles. The highest BCUT2D eigenvalue weighted by Crippen LogP contribution is 2.20. The summed E-state index contributed by atoms with van der Waals surface area (Å²) in [5.74, 6) is 0. The van der Waals surface area contributed by atoms with E-state index in [1.807, 2.05) is 82.3 Å². The van der Waals surface area contributed by atoms with Gasteiger partial charge in [0.05, 0.1) is 0 Å². The molecule has 3 aromatic carbocycles. The van der Waals surface area contributed by atoms with E-state index in [2.05, 4.69) is 80.9 Å². The molecule has 3 aromatic rings. The molecule has 0 aliphatic rings. The highest BCUT2D eigenvalue weighted by molar-refractivity contribution is 5.77. The monoisotopic (exact) mass is 446 g/mol. The van der Waals surface area contributed by atoms with Crippen molar-refractivity contribution in [1.29, 1.82) is 0 Å². The first-order valence-corrected chi connectivity index (χ1v) is 11.4. The Balaban J connectivity index is 0.000000274. The summed E-state index contributed by atoms with van der Waals surface area (Å²) >= 11 is 0. The van der Waals surface area contributed by atoms with Crippen molar-refractivity contribution in [3.05, 3.63) is 158 Å². The average molecular weight is 447 g/mol. The van der Waals surface area contributed by atoms with Crippen molar-refractivity contribution in [2.45, 2.75) is 27.7 Å². The summed E-state index contributed by atoms with van der Waals surface area (Å²) in [6.07, 6.45) is 7.93. The van der Waals surface area contributed by atoms with Crippen LogP contribution in [0.15, 0.2) is 136 Å². The molecule has 0 heterocycles. The molecule has 0 heteroatoms. The standard InChI is InChI=1S/C16H18.2C9H10/c1-5-8-14(9-6-2)16-11-7-10-15(12-16)13(3)4;2*1-8(2)9-6-4-3-5-7-9/h5-12H,1,3H2,2,4H3;2*3-7H,1H2,2H3/b9-6-,14-8+;;. The zero-order chi connectivity index (χ0) is 25.3. The fourth-order valence-electron chi connectivity index (χ4n) is 2.96. The molecule has 0 bridgehead atoms. The van der Waals surface area contributed by atoms with Gasteiger partial charge in [0, 0.05) is 0 Å². The van der Waals surface area contributed by atoms with Gasteiger partial charge in [0.15, 0.2) is 0 Å². The van der Waals surface area contributed by atoms with Crippen LogP contribution in [0.1, 0.15) is 49.9 Å². The third-order valence-corrected chi connectivity index (χ3v) is 4.87. The third-order valence-electron chi connectivity index (χ3n) is 4.87. The molecule has 34 heavy (non-hydrogen) atoms. The van der Waals surface area contributed by atoms with E-state index in [1.54, 1.807) is 0 Å². The summed E-state index contributed by atoms with van der Waals surface area (Å²) in [6, 6.07) is 28.7. The topological polar surface area (TPSA) is 0 Å². The van der Waals surface area contributed by atoms with Crippen molar-refractivity contribution in [3.63, 3.8) is 0 Å². The Morgan fingerprint density at radius 2 is 1.00 bits per heavy atom. The number of rotatable bonds is 6. The Kier molecular flexibility index (Phi) is 13.1. The minimum atomic E-state index is 1.08. The Morgan fingerprint density at radius 1 is 0.588 bits per heavy atom. The van der Waals surface area contributed by atoms with Gasteiger partial charge in [0.2, 0.25) is 0 Å². The van der Waals surface area contributed by atoms with Crippen molar-refractivity contribution in [3.8, 4) is 0 Å². The summed E-state index contributed by atoms with van der Waals surface area (Å²) in [6.45, 7) is 23.4. The maximum atomic E-state index is 3.96. The zero-order valence-electron chi connectivity index (χ0n) is 21.2. The van der Waals surface area contributed by atoms with Gasteiger partial charge in [-0.3, -0.25) is 0 Å². The van der Waals surface area contributed by atoms with E-state index in [0.29, 0.717) is 0 Å². The van der Waals surface area contributed by atoms with Crippen LogP contribution < -0.4 is 0 Å². The van der Waals surface area contributed by atoms with Gasteiger partial charge in [-0.15, -0.1) is 0 Å². The molecule has 0 nitrogen and oxygen atoms in total. The normalized spacial score (nSPS) is 10.3. The largest absolute Gasteiger partial charge is 0.0990 e. The SMILES string of the molecule is C=C(C)c1ccccc1.C=C(C)c1ccccc1.C=C/C=C(\C=C/C)c1cccc(C(=C)C)c1. The lowest BCUT2D eigenvalue weighted by Gasteiger charge is -2.05. The summed E-state index contributed by atoms with van der Waals surface area (Å²) in [7, 11) is 0.